The molecule has 6 nitrogen and oxygen atoms in total. The number of amides is 1. The summed E-state index contributed by atoms with van der Waals surface area (Å²) in [6.45, 7) is 0. The molecule has 0 spiro atoms. The summed E-state index contributed by atoms with van der Waals surface area (Å²) in [6.07, 6.45) is 4.10. The molecule has 0 aliphatic heterocycles. The largest absolute Gasteiger partial charge is 0.348 e. The van der Waals surface area contributed by atoms with Crippen LogP contribution in [-0.4, -0.2) is 26.7 Å². The van der Waals surface area contributed by atoms with E-state index in [1.165, 1.54) is 0 Å². The summed E-state index contributed by atoms with van der Waals surface area (Å²) < 4.78 is 1.79. The van der Waals surface area contributed by atoms with Crippen LogP contribution in [0.4, 0.5) is 0 Å². The highest BCUT2D eigenvalue weighted by Crippen LogP contribution is 2.18. The number of carbonyl (C=O) groups is 1. The summed E-state index contributed by atoms with van der Waals surface area (Å²) in [6, 6.07) is 5.25. The van der Waals surface area contributed by atoms with Gasteiger partial charge in [0, 0.05) is 25.4 Å². The summed E-state index contributed by atoms with van der Waals surface area (Å²) in [4.78, 5) is 23.5. The van der Waals surface area contributed by atoms with Crippen LogP contribution < -0.4 is 10.9 Å². The Morgan fingerprint density at radius 3 is 3.15 bits per heavy atom. The van der Waals surface area contributed by atoms with Gasteiger partial charge in [0.05, 0.1) is 5.69 Å². The summed E-state index contributed by atoms with van der Waals surface area (Å²) in [7, 11) is 1.84. The first-order chi connectivity index (χ1) is 9.63. The number of nitrogens with one attached hydrogen (secondary N) is 2. The highest BCUT2D eigenvalue weighted by Gasteiger charge is 2.22. The number of hydrogen-bond acceptors (Lipinski definition) is 3. The fourth-order valence-electron chi connectivity index (χ4n) is 2.62. The number of fused-ring (bicyclic) bond motifs is 1. The highest BCUT2D eigenvalue weighted by atomic mass is 16.2. The molecule has 0 unspecified atom stereocenters. The fraction of sp³-hybridized carbons (Fsp3) is 0.357. The predicted octanol–water partition coefficient (Wildman–Crippen LogP) is 0.396. The lowest BCUT2D eigenvalue weighted by molar-refractivity contribution is 0.0925. The van der Waals surface area contributed by atoms with Crippen molar-refractivity contribution in [1.82, 2.24) is 20.1 Å². The molecule has 2 aromatic rings. The summed E-state index contributed by atoms with van der Waals surface area (Å²) in [5, 5.41) is 9.51. The van der Waals surface area contributed by atoms with Crippen molar-refractivity contribution >= 4 is 5.91 Å². The van der Waals surface area contributed by atoms with Crippen molar-refractivity contribution < 1.29 is 4.79 Å². The molecular formula is C14H16N4O2. The minimum atomic E-state index is -0.196. The van der Waals surface area contributed by atoms with Gasteiger partial charge in [0.1, 0.15) is 5.69 Å². The summed E-state index contributed by atoms with van der Waals surface area (Å²) in [5.74, 6) is -0.0799. The van der Waals surface area contributed by atoms with Gasteiger partial charge >= 0.3 is 0 Å². The van der Waals surface area contributed by atoms with Crippen molar-refractivity contribution in [2.45, 2.75) is 25.3 Å². The van der Waals surface area contributed by atoms with Gasteiger partial charge in [-0.3, -0.25) is 9.59 Å². The van der Waals surface area contributed by atoms with Crippen molar-refractivity contribution in [3.05, 3.63) is 51.7 Å². The number of carbonyl (C=O) groups excluding carboxylic acids is 1. The lowest BCUT2D eigenvalue weighted by atomic mass is 9.92. The van der Waals surface area contributed by atoms with E-state index < -0.39 is 0 Å². The number of hydrogen-bond donors (Lipinski definition) is 2. The second-order valence-corrected chi connectivity index (χ2v) is 5.12. The van der Waals surface area contributed by atoms with E-state index in [0.29, 0.717) is 12.1 Å². The molecule has 0 aromatic carbocycles. The monoisotopic (exact) mass is 272 g/mol. The van der Waals surface area contributed by atoms with Gasteiger partial charge in [-0.25, -0.2) is 5.10 Å². The van der Waals surface area contributed by atoms with Crippen LogP contribution in [0, 0.1) is 0 Å². The van der Waals surface area contributed by atoms with Gasteiger partial charge in [-0.2, -0.15) is 5.10 Å². The van der Waals surface area contributed by atoms with E-state index in [1.807, 2.05) is 19.3 Å². The van der Waals surface area contributed by atoms with Gasteiger partial charge in [-0.1, -0.05) is 0 Å². The SMILES string of the molecule is Cn1cccc1C(=O)N[C@@H]1CCc2n[nH]c(=O)cc2C1. The number of aromatic amines is 1. The molecular weight excluding hydrogens is 256 g/mol. The zero-order chi connectivity index (χ0) is 14.1. The third kappa shape index (κ3) is 2.36. The molecule has 3 rings (SSSR count). The smallest absolute Gasteiger partial charge is 0.268 e. The number of aryl methyl sites for hydroxylation is 2. The molecule has 2 heterocycles. The lowest BCUT2D eigenvalue weighted by Crippen LogP contribution is -2.40. The Morgan fingerprint density at radius 2 is 2.40 bits per heavy atom. The zero-order valence-corrected chi connectivity index (χ0v) is 11.2. The van der Waals surface area contributed by atoms with Gasteiger partial charge in [0.25, 0.3) is 11.5 Å². The number of rotatable bonds is 2. The molecule has 1 aliphatic rings. The van der Waals surface area contributed by atoms with Crippen molar-refractivity contribution in [2.75, 3.05) is 0 Å². The maximum Gasteiger partial charge on any atom is 0.268 e. The first kappa shape index (κ1) is 12.7. The Morgan fingerprint density at radius 1 is 1.55 bits per heavy atom. The van der Waals surface area contributed by atoms with Crippen LogP contribution in [0.2, 0.25) is 0 Å². The van der Waals surface area contributed by atoms with Gasteiger partial charge in [-0.15, -0.1) is 0 Å². The zero-order valence-electron chi connectivity index (χ0n) is 11.2. The molecule has 1 aliphatic carbocycles. The third-order valence-electron chi connectivity index (χ3n) is 3.68. The van der Waals surface area contributed by atoms with E-state index in [0.717, 1.165) is 24.1 Å². The molecule has 2 N–H and O–H groups in total. The van der Waals surface area contributed by atoms with E-state index in [-0.39, 0.29) is 17.5 Å². The van der Waals surface area contributed by atoms with E-state index >= 15 is 0 Å². The normalized spacial score (nSPS) is 17.6. The molecule has 1 atom stereocenters. The summed E-state index contributed by atoms with van der Waals surface area (Å²) in [5.41, 5.74) is 2.30. The van der Waals surface area contributed by atoms with Crippen LogP contribution in [0.1, 0.15) is 28.2 Å². The van der Waals surface area contributed by atoms with Crippen molar-refractivity contribution in [2.24, 2.45) is 7.05 Å². The molecule has 2 aromatic heterocycles. The Labute approximate surface area is 115 Å². The van der Waals surface area contributed by atoms with Crippen LogP contribution in [0.3, 0.4) is 0 Å². The number of aromatic nitrogens is 3. The van der Waals surface area contributed by atoms with E-state index in [1.54, 1.807) is 16.7 Å². The van der Waals surface area contributed by atoms with Gasteiger partial charge in [-0.05, 0) is 37.0 Å². The molecule has 20 heavy (non-hydrogen) atoms. The predicted molar refractivity (Wildman–Crippen MR) is 73.5 cm³/mol. The molecule has 0 saturated heterocycles. The van der Waals surface area contributed by atoms with Gasteiger partial charge in [0.2, 0.25) is 0 Å². The summed E-state index contributed by atoms with van der Waals surface area (Å²) >= 11 is 0. The fourth-order valence-corrected chi connectivity index (χ4v) is 2.62. The average molecular weight is 272 g/mol. The Balaban J connectivity index is 1.73. The van der Waals surface area contributed by atoms with Crippen LogP contribution in [0.25, 0.3) is 0 Å². The Hall–Kier alpha value is -2.37. The minimum Gasteiger partial charge on any atom is -0.348 e. The van der Waals surface area contributed by atoms with Crippen molar-refractivity contribution in [3.63, 3.8) is 0 Å². The number of H-pyrrole nitrogens is 1. The third-order valence-corrected chi connectivity index (χ3v) is 3.68. The molecule has 0 bridgehead atoms. The lowest BCUT2D eigenvalue weighted by Gasteiger charge is -2.24. The topological polar surface area (TPSA) is 79.8 Å². The standard InChI is InChI=1S/C14H16N4O2/c1-18-6-2-3-12(18)14(20)15-10-4-5-11-9(7-10)8-13(19)17-16-11/h2-3,6,8,10H,4-5,7H2,1H3,(H,15,20)(H,17,19)/t10-/m1/s1. The van der Waals surface area contributed by atoms with Crippen LogP contribution in [0.5, 0.6) is 0 Å². The molecule has 104 valence electrons. The molecule has 0 radical (unpaired) electrons. The second-order valence-electron chi connectivity index (χ2n) is 5.12. The first-order valence-corrected chi connectivity index (χ1v) is 6.63. The minimum absolute atomic E-state index is 0.0495. The van der Waals surface area contributed by atoms with Crippen LogP contribution in [-0.2, 0) is 19.9 Å². The molecule has 0 fully saturated rings. The Kier molecular flexibility index (Phi) is 3.14. The van der Waals surface area contributed by atoms with Crippen LogP contribution in [0.15, 0.2) is 29.2 Å². The molecule has 6 heteroatoms. The van der Waals surface area contributed by atoms with Crippen molar-refractivity contribution in [1.29, 1.82) is 0 Å². The number of nitrogens with zero attached hydrogens (tertiary/aromatic N) is 2. The van der Waals surface area contributed by atoms with E-state index in [9.17, 15) is 9.59 Å². The first-order valence-electron chi connectivity index (χ1n) is 6.63. The van der Waals surface area contributed by atoms with E-state index in [2.05, 4.69) is 15.5 Å². The maximum absolute atomic E-state index is 12.2. The van der Waals surface area contributed by atoms with Crippen LogP contribution >= 0.6 is 0 Å². The maximum atomic E-state index is 12.2. The van der Waals surface area contributed by atoms with E-state index in [4.69, 9.17) is 0 Å². The average Bonchev–Trinajstić information content (AvgIpc) is 2.84. The Bertz CT molecular complexity index is 701. The van der Waals surface area contributed by atoms with Gasteiger partial charge < -0.3 is 9.88 Å². The van der Waals surface area contributed by atoms with Gasteiger partial charge in [0.15, 0.2) is 0 Å². The molecule has 1 amide bonds. The second kappa shape index (κ2) is 4.96. The molecule has 0 saturated carbocycles. The quantitative estimate of drug-likeness (QED) is 0.830. The van der Waals surface area contributed by atoms with Crippen molar-refractivity contribution in [3.8, 4) is 0 Å². The highest BCUT2D eigenvalue weighted by molar-refractivity contribution is 5.92.